The molecule has 0 amide bonds. The van der Waals surface area contributed by atoms with E-state index in [1.165, 1.54) is 6.26 Å². The second kappa shape index (κ2) is 9.73. The first kappa shape index (κ1) is 23.0. The first-order chi connectivity index (χ1) is 15.8. The molecule has 1 fully saturated rings. The van der Waals surface area contributed by atoms with Gasteiger partial charge in [0.25, 0.3) is 0 Å². The average molecular weight is 467 g/mol. The Morgan fingerprint density at radius 1 is 1.21 bits per heavy atom. The summed E-state index contributed by atoms with van der Waals surface area (Å²) in [5.74, 6) is 0.871. The quantitative estimate of drug-likeness (QED) is 0.540. The summed E-state index contributed by atoms with van der Waals surface area (Å²) in [7, 11) is -3.15. The summed E-state index contributed by atoms with van der Waals surface area (Å²) >= 11 is 0. The summed E-state index contributed by atoms with van der Waals surface area (Å²) in [5, 5.41) is 23.0. The Morgan fingerprint density at radius 2 is 2.00 bits per heavy atom. The van der Waals surface area contributed by atoms with Gasteiger partial charge in [0.15, 0.2) is 9.84 Å². The maximum Gasteiger partial charge on any atom is 0.227 e. The molecule has 9 heteroatoms. The van der Waals surface area contributed by atoms with Crippen LogP contribution in [0.1, 0.15) is 36.8 Å². The Hall–Kier alpha value is -3.22. The summed E-state index contributed by atoms with van der Waals surface area (Å²) in [5.41, 5.74) is 2.71. The molecule has 1 aliphatic rings. The van der Waals surface area contributed by atoms with Crippen LogP contribution < -0.4 is 10.1 Å². The standard InChI is InChI=1S/C24H26N4O4S/c1-33(30,31)15-16-3-2-4-19(13-16)27-24-26-14-18-6-5-17(11-12-25)23(22(18)28-24)32-21-9-7-20(29)8-10-21/h2-6,13-14,20-21,29H,7-11,15H2,1H3,(H,26,27,28). The van der Waals surface area contributed by atoms with Crippen molar-refractivity contribution in [2.75, 3.05) is 11.6 Å². The van der Waals surface area contributed by atoms with Gasteiger partial charge < -0.3 is 15.2 Å². The Morgan fingerprint density at radius 3 is 2.73 bits per heavy atom. The van der Waals surface area contributed by atoms with Crippen LogP contribution in [0.4, 0.5) is 11.6 Å². The second-order valence-electron chi connectivity index (χ2n) is 8.46. The van der Waals surface area contributed by atoms with Crippen LogP contribution in [0.2, 0.25) is 0 Å². The number of aromatic nitrogens is 2. The Bertz CT molecular complexity index is 1300. The predicted octanol–water partition coefficient (Wildman–Crippen LogP) is 3.67. The number of rotatable bonds is 7. The lowest BCUT2D eigenvalue weighted by Gasteiger charge is -2.27. The molecule has 0 atom stereocenters. The van der Waals surface area contributed by atoms with Crippen LogP contribution >= 0.6 is 0 Å². The number of nitrogens with one attached hydrogen (secondary N) is 1. The summed E-state index contributed by atoms with van der Waals surface area (Å²) in [6.07, 6.45) is 5.62. The number of ether oxygens (including phenoxy) is 1. The second-order valence-corrected chi connectivity index (χ2v) is 10.6. The molecule has 3 aromatic rings. The number of nitriles is 1. The molecule has 33 heavy (non-hydrogen) atoms. The van der Waals surface area contributed by atoms with Crippen molar-refractivity contribution in [2.24, 2.45) is 0 Å². The van der Waals surface area contributed by atoms with Crippen molar-refractivity contribution in [3.05, 3.63) is 53.7 Å². The van der Waals surface area contributed by atoms with Gasteiger partial charge in [0.05, 0.1) is 30.5 Å². The third kappa shape index (κ3) is 5.97. The lowest BCUT2D eigenvalue weighted by Crippen LogP contribution is -2.27. The minimum Gasteiger partial charge on any atom is -0.488 e. The number of hydrogen-bond acceptors (Lipinski definition) is 8. The highest BCUT2D eigenvalue weighted by Gasteiger charge is 2.23. The topological polar surface area (TPSA) is 125 Å². The van der Waals surface area contributed by atoms with Crippen LogP contribution in [0, 0.1) is 11.3 Å². The molecule has 8 nitrogen and oxygen atoms in total. The summed E-state index contributed by atoms with van der Waals surface area (Å²) in [6, 6.07) is 13.0. The van der Waals surface area contributed by atoms with E-state index >= 15 is 0 Å². The predicted molar refractivity (Wildman–Crippen MR) is 126 cm³/mol. The average Bonchev–Trinajstić information content (AvgIpc) is 2.76. The molecule has 0 spiro atoms. The van der Waals surface area contributed by atoms with Gasteiger partial charge in [-0.15, -0.1) is 0 Å². The number of sulfone groups is 1. The Labute approximate surface area is 193 Å². The molecular formula is C24H26N4O4S. The highest BCUT2D eigenvalue weighted by Crippen LogP contribution is 2.33. The van der Waals surface area contributed by atoms with Gasteiger partial charge in [-0.25, -0.2) is 18.4 Å². The van der Waals surface area contributed by atoms with Gasteiger partial charge in [0, 0.05) is 29.1 Å². The molecule has 1 aliphatic carbocycles. The molecule has 4 rings (SSSR count). The van der Waals surface area contributed by atoms with Crippen molar-refractivity contribution < 1.29 is 18.3 Å². The molecule has 0 aliphatic heterocycles. The number of hydrogen-bond donors (Lipinski definition) is 2. The van der Waals surface area contributed by atoms with Gasteiger partial charge in [-0.3, -0.25) is 0 Å². The summed E-state index contributed by atoms with van der Waals surface area (Å²) in [4.78, 5) is 9.06. The van der Waals surface area contributed by atoms with Crippen LogP contribution in [0.3, 0.4) is 0 Å². The lowest BCUT2D eigenvalue weighted by molar-refractivity contribution is 0.0668. The van der Waals surface area contributed by atoms with Crippen LogP contribution in [0.25, 0.3) is 10.9 Å². The van der Waals surface area contributed by atoms with Crippen molar-refractivity contribution in [2.45, 2.75) is 50.1 Å². The van der Waals surface area contributed by atoms with E-state index in [1.807, 2.05) is 18.2 Å². The van der Waals surface area contributed by atoms with Gasteiger partial charge in [-0.1, -0.05) is 24.3 Å². The van der Waals surface area contributed by atoms with Crippen LogP contribution in [0.5, 0.6) is 5.75 Å². The van der Waals surface area contributed by atoms with E-state index in [0.717, 1.165) is 23.8 Å². The van der Waals surface area contributed by atoms with Gasteiger partial charge in [-0.05, 0) is 43.4 Å². The molecule has 1 heterocycles. The van der Waals surface area contributed by atoms with Gasteiger partial charge in [0.2, 0.25) is 5.95 Å². The molecule has 2 N–H and O–H groups in total. The van der Waals surface area contributed by atoms with Crippen LogP contribution in [-0.2, 0) is 22.0 Å². The highest BCUT2D eigenvalue weighted by atomic mass is 32.2. The number of aliphatic hydroxyl groups is 1. The summed E-state index contributed by atoms with van der Waals surface area (Å²) < 4.78 is 29.6. The number of benzene rings is 2. The van der Waals surface area contributed by atoms with Crippen LogP contribution in [0.15, 0.2) is 42.6 Å². The van der Waals surface area contributed by atoms with Crippen LogP contribution in [-0.4, -0.2) is 42.0 Å². The molecule has 172 valence electrons. The molecule has 2 aromatic carbocycles. The molecule has 1 saturated carbocycles. The smallest absolute Gasteiger partial charge is 0.227 e. The van der Waals surface area contributed by atoms with Crippen molar-refractivity contribution in [1.82, 2.24) is 9.97 Å². The van der Waals surface area contributed by atoms with E-state index in [4.69, 9.17) is 4.74 Å². The normalized spacial score (nSPS) is 18.6. The fraction of sp³-hybridized carbons (Fsp3) is 0.375. The Kier molecular flexibility index (Phi) is 6.77. The van der Waals surface area contributed by atoms with Crippen molar-refractivity contribution in [3.63, 3.8) is 0 Å². The van der Waals surface area contributed by atoms with Gasteiger partial charge in [-0.2, -0.15) is 5.26 Å². The zero-order chi connectivity index (χ0) is 23.4. The maximum atomic E-state index is 11.6. The fourth-order valence-electron chi connectivity index (χ4n) is 4.03. The minimum absolute atomic E-state index is 0.0458. The van der Waals surface area contributed by atoms with Crippen molar-refractivity contribution in [3.8, 4) is 11.8 Å². The number of nitrogens with zero attached hydrogens (tertiary/aromatic N) is 3. The molecular weight excluding hydrogens is 440 g/mol. The SMILES string of the molecule is CS(=O)(=O)Cc1cccc(Nc2ncc3ccc(CC#N)c(OC4CCC(O)CC4)c3n2)c1. The third-order valence-corrected chi connectivity index (χ3v) is 6.46. The fourth-order valence-corrected chi connectivity index (χ4v) is 4.81. The number of fused-ring (bicyclic) bond motifs is 1. The van der Waals surface area contributed by atoms with Crippen molar-refractivity contribution >= 4 is 32.4 Å². The van der Waals surface area contributed by atoms with E-state index in [9.17, 15) is 18.8 Å². The zero-order valence-corrected chi connectivity index (χ0v) is 19.2. The van der Waals surface area contributed by atoms with Gasteiger partial charge >= 0.3 is 0 Å². The Balaban J connectivity index is 1.66. The first-order valence-electron chi connectivity index (χ1n) is 10.8. The first-order valence-corrected chi connectivity index (χ1v) is 12.9. The van der Waals surface area contributed by atoms with E-state index < -0.39 is 9.84 Å². The zero-order valence-electron chi connectivity index (χ0n) is 18.4. The lowest BCUT2D eigenvalue weighted by atomic mass is 9.95. The van der Waals surface area contributed by atoms with Crippen molar-refractivity contribution in [1.29, 1.82) is 5.26 Å². The van der Waals surface area contributed by atoms with Gasteiger partial charge in [0.1, 0.15) is 11.3 Å². The third-order valence-electron chi connectivity index (χ3n) is 5.60. The largest absolute Gasteiger partial charge is 0.488 e. The number of aliphatic hydroxyl groups excluding tert-OH is 1. The number of anilines is 2. The maximum absolute atomic E-state index is 11.6. The highest BCUT2D eigenvalue weighted by molar-refractivity contribution is 7.89. The molecule has 0 unspecified atom stereocenters. The molecule has 1 aromatic heterocycles. The van der Waals surface area contributed by atoms with E-state index in [1.54, 1.807) is 24.4 Å². The summed E-state index contributed by atoms with van der Waals surface area (Å²) in [6.45, 7) is 0. The molecule has 0 bridgehead atoms. The van der Waals surface area contributed by atoms with E-state index in [-0.39, 0.29) is 24.4 Å². The minimum atomic E-state index is -3.15. The van der Waals surface area contributed by atoms with E-state index in [2.05, 4.69) is 21.4 Å². The molecule has 0 saturated heterocycles. The molecule has 0 radical (unpaired) electrons. The van der Waals surface area contributed by atoms with E-state index in [0.29, 0.717) is 41.3 Å². The monoisotopic (exact) mass is 466 g/mol.